The Morgan fingerprint density at radius 3 is 2.29 bits per heavy atom. The molecule has 0 amide bonds. The van der Waals surface area contributed by atoms with Crippen LogP contribution in [-0.4, -0.2) is 12.1 Å². The van der Waals surface area contributed by atoms with Gasteiger partial charge >= 0.3 is 0 Å². The van der Waals surface area contributed by atoms with Gasteiger partial charge in [-0.2, -0.15) is 0 Å². The first kappa shape index (κ1) is 13.4. The molecular formula is C12H23NO. The molecule has 0 aromatic heterocycles. The molecule has 82 valence electrons. The van der Waals surface area contributed by atoms with E-state index in [0.29, 0.717) is 0 Å². The third kappa shape index (κ3) is 8.00. The second kappa shape index (κ2) is 10.5. The maximum atomic E-state index is 10.1. The molecule has 0 N–H and O–H groups in total. The van der Waals surface area contributed by atoms with Crippen LogP contribution in [0.5, 0.6) is 0 Å². The minimum absolute atomic E-state index is 0.221. The highest BCUT2D eigenvalue weighted by Gasteiger charge is 2.02. The Kier molecular flexibility index (Phi) is 10.00. The van der Waals surface area contributed by atoms with Gasteiger partial charge in [-0.3, -0.25) is 0 Å². The van der Waals surface area contributed by atoms with E-state index in [4.69, 9.17) is 0 Å². The zero-order valence-corrected chi connectivity index (χ0v) is 9.59. The molecule has 0 saturated heterocycles. The summed E-state index contributed by atoms with van der Waals surface area (Å²) in [5.74, 6) is 0. The predicted molar refractivity (Wildman–Crippen MR) is 60.2 cm³/mol. The summed E-state index contributed by atoms with van der Waals surface area (Å²) in [7, 11) is 0. The Morgan fingerprint density at radius 1 is 1.07 bits per heavy atom. The summed E-state index contributed by atoms with van der Waals surface area (Å²) >= 11 is 0. The quantitative estimate of drug-likeness (QED) is 0.313. The Hall–Kier alpha value is -0.620. The Balaban J connectivity index is 3.28. The lowest BCUT2D eigenvalue weighted by atomic mass is 10.0. The van der Waals surface area contributed by atoms with Crippen molar-refractivity contribution in [2.24, 2.45) is 4.99 Å². The van der Waals surface area contributed by atoms with Crippen LogP contribution in [0.25, 0.3) is 0 Å². The van der Waals surface area contributed by atoms with Crippen LogP contribution in [0.3, 0.4) is 0 Å². The molecular weight excluding hydrogens is 174 g/mol. The van der Waals surface area contributed by atoms with Gasteiger partial charge in [-0.1, -0.05) is 52.4 Å². The molecule has 0 aliphatic rings. The Bertz CT molecular complexity index is 162. The minimum atomic E-state index is 0.221. The van der Waals surface area contributed by atoms with Gasteiger partial charge in [0.2, 0.25) is 6.08 Å². The van der Waals surface area contributed by atoms with Crippen molar-refractivity contribution in [3.63, 3.8) is 0 Å². The summed E-state index contributed by atoms with van der Waals surface area (Å²) in [5.41, 5.74) is 0. The summed E-state index contributed by atoms with van der Waals surface area (Å²) in [5, 5.41) is 0. The van der Waals surface area contributed by atoms with Gasteiger partial charge in [0, 0.05) is 0 Å². The van der Waals surface area contributed by atoms with Gasteiger partial charge < -0.3 is 0 Å². The van der Waals surface area contributed by atoms with Crippen molar-refractivity contribution in [2.45, 2.75) is 71.3 Å². The first-order chi connectivity index (χ1) is 6.85. The van der Waals surface area contributed by atoms with Crippen molar-refractivity contribution in [1.82, 2.24) is 0 Å². The molecule has 0 aromatic rings. The fourth-order valence-corrected chi connectivity index (χ4v) is 1.59. The number of isocyanates is 1. The lowest BCUT2D eigenvalue weighted by Gasteiger charge is -2.06. The average molecular weight is 197 g/mol. The standard InChI is InChI=1S/C12H23NO/c1-3-5-6-7-8-9-10-12(4-2)13-11-14/h12H,3-10H2,1-2H3. The average Bonchev–Trinajstić information content (AvgIpc) is 2.21. The molecule has 2 heteroatoms. The SMILES string of the molecule is CCCCCCCCC(CC)N=C=O. The van der Waals surface area contributed by atoms with E-state index >= 15 is 0 Å². The lowest BCUT2D eigenvalue weighted by molar-refractivity contribution is 0.515. The number of hydrogen-bond donors (Lipinski definition) is 0. The van der Waals surface area contributed by atoms with Gasteiger partial charge in [-0.15, -0.1) is 0 Å². The molecule has 0 radical (unpaired) electrons. The molecule has 0 aliphatic carbocycles. The molecule has 0 rings (SSSR count). The van der Waals surface area contributed by atoms with Crippen molar-refractivity contribution in [2.75, 3.05) is 0 Å². The van der Waals surface area contributed by atoms with Gasteiger partial charge in [-0.25, -0.2) is 9.79 Å². The largest absolute Gasteiger partial charge is 0.235 e. The Labute approximate surface area is 87.8 Å². The van der Waals surface area contributed by atoms with Crippen LogP contribution in [0.4, 0.5) is 0 Å². The number of aliphatic imine (C=N–C) groups is 1. The van der Waals surface area contributed by atoms with E-state index in [2.05, 4.69) is 18.8 Å². The molecule has 1 unspecified atom stereocenters. The van der Waals surface area contributed by atoms with E-state index in [1.807, 2.05) is 0 Å². The monoisotopic (exact) mass is 197 g/mol. The third-order valence-electron chi connectivity index (χ3n) is 2.60. The zero-order chi connectivity index (χ0) is 10.6. The van der Waals surface area contributed by atoms with Gasteiger partial charge in [0.25, 0.3) is 0 Å². The topological polar surface area (TPSA) is 29.4 Å². The van der Waals surface area contributed by atoms with Crippen molar-refractivity contribution >= 4 is 6.08 Å². The molecule has 0 fully saturated rings. The Morgan fingerprint density at radius 2 is 1.71 bits per heavy atom. The van der Waals surface area contributed by atoms with Crippen LogP contribution >= 0.6 is 0 Å². The van der Waals surface area contributed by atoms with Crippen LogP contribution in [0.1, 0.15) is 65.2 Å². The molecule has 0 aliphatic heterocycles. The molecule has 2 nitrogen and oxygen atoms in total. The summed E-state index contributed by atoms with van der Waals surface area (Å²) in [6, 6.07) is 0.221. The number of nitrogens with zero attached hydrogens (tertiary/aromatic N) is 1. The number of hydrogen-bond acceptors (Lipinski definition) is 2. The lowest BCUT2D eigenvalue weighted by Crippen LogP contribution is -2.01. The second-order valence-corrected chi connectivity index (χ2v) is 3.84. The van der Waals surface area contributed by atoms with Gasteiger partial charge in [0.1, 0.15) is 0 Å². The second-order valence-electron chi connectivity index (χ2n) is 3.84. The highest BCUT2D eigenvalue weighted by atomic mass is 16.1. The minimum Gasteiger partial charge on any atom is -0.211 e. The van der Waals surface area contributed by atoms with E-state index in [1.165, 1.54) is 38.5 Å². The maximum Gasteiger partial charge on any atom is 0.235 e. The normalized spacial score (nSPS) is 12.1. The van der Waals surface area contributed by atoms with Crippen molar-refractivity contribution in [3.8, 4) is 0 Å². The fourth-order valence-electron chi connectivity index (χ4n) is 1.59. The van der Waals surface area contributed by atoms with Crippen LogP contribution in [0.2, 0.25) is 0 Å². The van der Waals surface area contributed by atoms with Crippen LogP contribution < -0.4 is 0 Å². The predicted octanol–water partition coefficient (Wildman–Crippen LogP) is 3.85. The molecule has 14 heavy (non-hydrogen) atoms. The fraction of sp³-hybridized carbons (Fsp3) is 0.917. The number of unbranched alkanes of at least 4 members (excludes halogenated alkanes) is 5. The van der Waals surface area contributed by atoms with Gasteiger partial charge in [0.15, 0.2) is 0 Å². The van der Waals surface area contributed by atoms with E-state index in [-0.39, 0.29) is 6.04 Å². The summed E-state index contributed by atoms with van der Waals surface area (Å²) in [4.78, 5) is 13.8. The third-order valence-corrected chi connectivity index (χ3v) is 2.60. The molecule has 0 spiro atoms. The van der Waals surface area contributed by atoms with Crippen LogP contribution in [0, 0.1) is 0 Å². The first-order valence-corrected chi connectivity index (χ1v) is 5.92. The molecule has 0 heterocycles. The van der Waals surface area contributed by atoms with E-state index in [0.717, 1.165) is 12.8 Å². The van der Waals surface area contributed by atoms with Gasteiger partial charge in [-0.05, 0) is 12.8 Å². The van der Waals surface area contributed by atoms with Crippen LogP contribution in [0.15, 0.2) is 4.99 Å². The van der Waals surface area contributed by atoms with Gasteiger partial charge in [0.05, 0.1) is 6.04 Å². The highest BCUT2D eigenvalue weighted by molar-refractivity contribution is 5.33. The first-order valence-electron chi connectivity index (χ1n) is 5.92. The number of rotatable bonds is 9. The number of carbonyl (C=O) groups excluding carboxylic acids is 1. The zero-order valence-electron chi connectivity index (χ0n) is 9.59. The van der Waals surface area contributed by atoms with Crippen LogP contribution in [-0.2, 0) is 4.79 Å². The summed E-state index contributed by atoms with van der Waals surface area (Å²) in [6.07, 6.45) is 11.5. The molecule has 0 bridgehead atoms. The van der Waals surface area contributed by atoms with Crippen molar-refractivity contribution in [3.05, 3.63) is 0 Å². The summed E-state index contributed by atoms with van der Waals surface area (Å²) < 4.78 is 0. The highest BCUT2D eigenvalue weighted by Crippen LogP contribution is 2.11. The van der Waals surface area contributed by atoms with Crippen molar-refractivity contribution in [1.29, 1.82) is 0 Å². The van der Waals surface area contributed by atoms with E-state index < -0.39 is 0 Å². The van der Waals surface area contributed by atoms with E-state index in [9.17, 15) is 4.79 Å². The molecule has 1 atom stereocenters. The molecule has 0 saturated carbocycles. The maximum absolute atomic E-state index is 10.1. The molecule has 0 aromatic carbocycles. The van der Waals surface area contributed by atoms with Crippen molar-refractivity contribution < 1.29 is 4.79 Å². The smallest absolute Gasteiger partial charge is 0.211 e. The summed E-state index contributed by atoms with van der Waals surface area (Å²) in [6.45, 7) is 4.30. The van der Waals surface area contributed by atoms with E-state index in [1.54, 1.807) is 6.08 Å².